The second-order valence-electron chi connectivity index (χ2n) is 17.0. The standard InChI is InChI=1S/C50H39N7O22S6/c1-27-3-17-39-32(19-27)21-43(82-79-76-63)47(49(39)58)53-51-34-12-8-28(41(23-34)80-77-74-61)4-6-31-10-14-36(25-45(31)84(67,68)69)55-57(60)38-16-11-29(42(26-38)81-78-75-62)5-7-30-9-13-35(24-44(30)83(64,65)66)52-54-48-46(85(70,71)72)22-33-20-37(56-73-2)15-18-40(33)50(48)59/h3-26,56,58-59,61-63H,1-2H3,(H,64,65,66)(H,67,68,69)(H,70,71,72)/b6-4+,7-5+,53-51?,54-52?,57-55?. The number of fused-ring (bicyclic) bond motifs is 2. The molecule has 8 rings (SSSR count). The van der Waals surface area contributed by atoms with Crippen molar-refractivity contribution in [3.05, 3.63) is 154 Å². The summed E-state index contributed by atoms with van der Waals surface area (Å²) in [5.41, 5.74) is 2.66. The number of phenolic OH excluding ortho intramolecular Hbond substituents is 2. The van der Waals surface area contributed by atoms with Crippen molar-refractivity contribution >= 4 is 152 Å². The predicted octanol–water partition coefficient (Wildman–Crippen LogP) is 13.8. The molecule has 442 valence electrons. The van der Waals surface area contributed by atoms with Crippen LogP contribution in [0.4, 0.5) is 39.8 Å². The first-order valence-corrected chi connectivity index (χ1v) is 29.7. The maximum atomic E-state index is 13.5. The van der Waals surface area contributed by atoms with Crippen LogP contribution in [0, 0.1) is 12.1 Å². The van der Waals surface area contributed by atoms with E-state index in [1.165, 1.54) is 110 Å². The number of anilines is 1. The highest BCUT2D eigenvalue weighted by atomic mass is 32.2. The van der Waals surface area contributed by atoms with Crippen LogP contribution in [0.1, 0.15) is 27.8 Å². The summed E-state index contributed by atoms with van der Waals surface area (Å²) in [6.45, 7) is 1.85. The smallest absolute Gasteiger partial charge is 0.296 e. The third-order valence-electron chi connectivity index (χ3n) is 11.6. The van der Waals surface area contributed by atoms with E-state index in [9.17, 15) is 54.3 Å². The Bertz CT molecular complexity index is 4400. The minimum atomic E-state index is -5.04. The van der Waals surface area contributed by atoms with Crippen LogP contribution in [0.2, 0.25) is 0 Å². The summed E-state index contributed by atoms with van der Waals surface area (Å²) in [4.78, 5) is 3.07. The molecule has 0 aliphatic heterocycles. The van der Waals surface area contributed by atoms with Gasteiger partial charge >= 0.3 is 0 Å². The first-order chi connectivity index (χ1) is 40.5. The maximum Gasteiger partial charge on any atom is 0.296 e. The molecule has 8 aromatic carbocycles. The number of nitrogens with one attached hydrogen (secondary N) is 1. The van der Waals surface area contributed by atoms with E-state index in [0.717, 1.165) is 23.8 Å². The van der Waals surface area contributed by atoms with E-state index in [2.05, 4.69) is 59.2 Å². The number of azo groups is 3. The molecular weight excluding hydrogens is 1240 g/mol. The van der Waals surface area contributed by atoms with Crippen molar-refractivity contribution in [2.45, 2.75) is 36.3 Å². The molecule has 0 aliphatic rings. The summed E-state index contributed by atoms with van der Waals surface area (Å²) >= 11 is 1.42. The number of aryl methyl sites for hydroxylation is 1. The molecule has 0 spiro atoms. The van der Waals surface area contributed by atoms with Crippen LogP contribution in [-0.2, 0) is 63.3 Å². The molecule has 0 bridgehead atoms. The second kappa shape index (κ2) is 27.5. The zero-order chi connectivity index (χ0) is 61.2. The SMILES string of the molecule is CONc1ccc2c(O)c(N=Nc3ccc(/C=C/c4ccc([N+]([O-])=Nc5ccc(/C=C/c6ccc(N=Nc7c(SOOO)cc8cc(C)ccc8c7O)cc6SOOO)c(S(=O)(=O)O)c5)cc4SOOO)c(S(=O)(=O)O)c3)c(S(=O)(=O)O)cc2c1. The lowest BCUT2D eigenvalue weighted by Crippen LogP contribution is -2.01. The molecule has 0 aliphatic carbocycles. The van der Waals surface area contributed by atoms with Crippen molar-refractivity contribution in [3.63, 3.8) is 0 Å². The Labute approximate surface area is 492 Å². The number of rotatable bonds is 24. The Morgan fingerprint density at radius 3 is 1.55 bits per heavy atom. The number of nitrogens with zero attached hydrogens (tertiary/aromatic N) is 6. The van der Waals surface area contributed by atoms with Crippen LogP contribution in [0.25, 0.3) is 45.8 Å². The normalized spacial score (nSPS) is 12.8. The zero-order valence-corrected chi connectivity index (χ0v) is 47.7. The van der Waals surface area contributed by atoms with E-state index in [1.807, 2.05) is 6.92 Å². The van der Waals surface area contributed by atoms with E-state index < -0.39 is 56.5 Å². The fraction of sp³-hybridized carbons (Fsp3) is 0.0400. The molecule has 35 heteroatoms. The third kappa shape index (κ3) is 15.7. The van der Waals surface area contributed by atoms with Crippen LogP contribution in [0.15, 0.2) is 176 Å². The van der Waals surface area contributed by atoms with Crippen molar-refractivity contribution < 1.29 is 103 Å². The van der Waals surface area contributed by atoms with E-state index in [0.29, 0.717) is 58.2 Å². The van der Waals surface area contributed by atoms with Gasteiger partial charge in [-0.25, -0.2) is 15.8 Å². The Balaban J connectivity index is 1.05. The summed E-state index contributed by atoms with van der Waals surface area (Å²) in [7, 11) is -13.8. The number of hydrogen-bond donors (Lipinski definition) is 9. The zero-order valence-electron chi connectivity index (χ0n) is 42.8. The van der Waals surface area contributed by atoms with Crippen LogP contribution in [-0.4, -0.2) is 76.9 Å². The van der Waals surface area contributed by atoms with Gasteiger partial charge in [-0.15, -0.1) is 23.2 Å². The van der Waals surface area contributed by atoms with Gasteiger partial charge in [0, 0.05) is 32.9 Å². The van der Waals surface area contributed by atoms with Gasteiger partial charge in [0.15, 0.2) is 11.5 Å². The Morgan fingerprint density at radius 1 is 0.506 bits per heavy atom. The van der Waals surface area contributed by atoms with E-state index in [-0.39, 0.29) is 81.2 Å². The Hall–Kier alpha value is -7.86. The van der Waals surface area contributed by atoms with Gasteiger partial charge in [0.05, 0.1) is 70.1 Å². The predicted molar refractivity (Wildman–Crippen MR) is 305 cm³/mol. The molecule has 9 N–H and O–H groups in total. The van der Waals surface area contributed by atoms with Crippen molar-refractivity contribution in [2.24, 2.45) is 25.6 Å². The fourth-order valence-corrected chi connectivity index (χ4v) is 11.5. The third-order valence-corrected chi connectivity index (χ3v) is 16.2. The first kappa shape index (κ1) is 63.2. The molecule has 8 aromatic rings. The number of phenols is 2. The fourth-order valence-electron chi connectivity index (χ4n) is 7.89. The Morgan fingerprint density at radius 2 is 0.976 bits per heavy atom. The van der Waals surface area contributed by atoms with Gasteiger partial charge in [0.25, 0.3) is 30.4 Å². The van der Waals surface area contributed by atoms with Gasteiger partial charge in [-0.05, 0) is 113 Å². The van der Waals surface area contributed by atoms with Crippen LogP contribution < -0.4 is 5.48 Å². The summed E-state index contributed by atoms with van der Waals surface area (Å²) < 4.78 is 120. The molecule has 0 saturated carbocycles. The lowest BCUT2D eigenvalue weighted by Gasteiger charge is -2.10. The van der Waals surface area contributed by atoms with Gasteiger partial charge < -0.3 is 15.4 Å². The van der Waals surface area contributed by atoms with Crippen molar-refractivity contribution in [2.75, 3.05) is 12.6 Å². The van der Waals surface area contributed by atoms with Gasteiger partial charge in [-0.2, -0.15) is 35.5 Å². The summed E-state index contributed by atoms with van der Waals surface area (Å²) in [6, 6.07) is 26.9. The number of benzene rings is 8. The topological polar surface area (TPSA) is 429 Å². The second-order valence-corrected chi connectivity index (χ2v) is 23.4. The van der Waals surface area contributed by atoms with Crippen LogP contribution in [0.5, 0.6) is 11.5 Å². The number of aromatic hydroxyl groups is 2. The van der Waals surface area contributed by atoms with Crippen LogP contribution >= 0.6 is 36.1 Å². The molecule has 0 atom stereocenters. The van der Waals surface area contributed by atoms with E-state index >= 15 is 0 Å². The average Bonchev–Trinajstić information content (AvgIpc) is 2.17. The molecule has 0 unspecified atom stereocenters. The molecule has 0 fully saturated rings. The summed E-state index contributed by atoms with van der Waals surface area (Å²) in [5, 5.41) is 94.9. The van der Waals surface area contributed by atoms with Gasteiger partial charge in [-0.1, -0.05) is 86.2 Å². The quantitative estimate of drug-likeness (QED) is 0.00516. The molecule has 0 amide bonds. The first-order valence-electron chi connectivity index (χ1n) is 23.2. The lowest BCUT2D eigenvalue weighted by atomic mass is 10.1. The molecular formula is C50H39N7O22S6. The van der Waals surface area contributed by atoms with E-state index in [1.54, 1.807) is 24.3 Å². The van der Waals surface area contributed by atoms with Crippen molar-refractivity contribution in [1.82, 2.24) is 0 Å². The molecule has 0 radical (unpaired) electrons. The highest BCUT2D eigenvalue weighted by Crippen LogP contribution is 2.46. The molecule has 0 heterocycles. The monoisotopic (exact) mass is 1280 g/mol. The van der Waals surface area contributed by atoms with Crippen LogP contribution in [0.3, 0.4) is 0 Å². The number of hydrogen-bond acceptors (Lipinski definition) is 28. The largest absolute Gasteiger partial charge is 0.594 e. The highest BCUT2D eigenvalue weighted by molar-refractivity contribution is 7.95. The molecule has 0 saturated heterocycles. The van der Waals surface area contributed by atoms with Crippen molar-refractivity contribution in [3.8, 4) is 11.5 Å². The minimum Gasteiger partial charge on any atom is -0.594 e. The summed E-state index contributed by atoms with van der Waals surface area (Å²) in [6.07, 6.45) is 5.18. The van der Waals surface area contributed by atoms with Gasteiger partial charge in [0.1, 0.15) is 31.7 Å². The molecule has 0 aromatic heterocycles. The van der Waals surface area contributed by atoms with Gasteiger partial charge in [-0.3, -0.25) is 24.0 Å². The maximum absolute atomic E-state index is 13.5. The minimum absolute atomic E-state index is 0.0183. The summed E-state index contributed by atoms with van der Waals surface area (Å²) in [5.74, 6) is -0.974. The van der Waals surface area contributed by atoms with E-state index in [4.69, 9.17) is 20.6 Å². The molecule has 29 nitrogen and oxygen atoms in total. The van der Waals surface area contributed by atoms with Crippen molar-refractivity contribution in [1.29, 1.82) is 0 Å². The van der Waals surface area contributed by atoms with Gasteiger partial charge in [0.2, 0.25) is 5.69 Å². The Kier molecular flexibility index (Phi) is 20.4. The molecule has 85 heavy (non-hydrogen) atoms. The highest BCUT2D eigenvalue weighted by Gasteiger charge is 2.24. The average molecular weight is 1280 g/mol. The lowest BCUT2D eigenvalue weighted by molar-refractivity contribution is -0.435.